The predicted octanol–water partition coefficient (Wildman–Crippen LogP) is 4.70. The lowest BCUT2D eigenvalue weighted by molar-refractivity contribution is 0.0182. The van der Waals surface area contributed by atoms with Crippen molar-refractivity contribution in [3.63, 3.8) is 0 Å². The molecule has 2 aromatic rings. The summed E-state index contributed by atoms with van der Waals surface area (Å²) >= 11 is 0. The smallest absolute Gasteiger partial charge is 0.274 e. The Morgan fingerprint density at radius 1 is 0.889 bits per heavy atom. The third kappa shape index (κ3) is 5.86. The van der Waals surface area contributed by atoms with Crippen LogP contribution in [0.2, 0.25) is 0 Å². The van der Waals surface area contributed by atoms with Crippen molar-refractivity contribution in [1.29, 1.82) is 0 Å². The maximum Gasteiger partial charge on any atom is 0.274 e. The molecule has 2 N–H and O–H groups in total. The zero-order chi connectivity index (χ0) is 25.8. The second-order valence-electron chi connectivity index (χ2n) is 10.8. The Kier molecular flexibility index (Phi) is 8.57. The molecule has 2 aromatic heterocycles. The SMILES string of the molecule is CO[C@@H]1CCC[C@H]1n1cc(CO[C@@H]2CCC[C@@H]2n2cccc(NC(C)C)c2=O)cc(NC(C)C)c1=O. The van der Waals surface area contributed by atoms with Gasteiger partial charge in [0.05, 0.1) is 30.9 Å². The number of methoxy groups -OCH3 is 1. The van der Waals surface area contributed by atoms with Crippen LogP contribution in [-0.4, -0.2) is 40.5 Å². The molecule has 0 saturated heterocycles. The average molecular weight is 499 g/mol. The topological polar surface area (TPSA) is 86.5 Å². The second kappa shape index (κ2) is 11.6. The van der Waals surface area contributed by atoms with Gasteiger partial charge < -0.3 is 29.2 Å². The summed E-state index contributed by atoms with van der Waals surface area (Å²) in [7, 11) is 1.72. The number of anilines is 2. The normalized spacial score (nSPS) is 24.1. The highest BCUT2D eigenvalue weighted by Crippen LogP contribution is 2.34. The Morgan fingerprint density at radius 2 is 1.50 bits per heavy atom. The van der Waals surface area contributed by atoms with Gasteiger partial charge in [0.15, 0.2) is 0 Å². The lowest BCUT2D eigenvalue weighted by Gasteiger charge is -2.25. The van der Waals surface area contributed by atoms with Gasteiger partial charge in [0.25, 0.3) is 11.1 Å². The van der Waals surface area contributed by atoms with Gasteiger partial charge in [-0.15, -0.1) is 0 Å². The summed E-state index contributed by atoms with van der Waals surface area (Å²) in [5.41, 5.74) is 2.16. The minimum Gasteiger partial charge on any atom is -0.379 e. The van der Waals surface area contributed by atoms with E-state index in [1.165, 1.54) is 0 Å². The molecule has 8 heteroatoms. The minimum absolute atomic E-state index is 0.00159. The molecule has 198 valence electrons. The van der Waals surface area contributed by atoms with Crippen LogP contribution in [0.3, 0.4) is 0 Å². The Hall–Kier alpha value is -2.58. The van der Waals surface area contributed by atoms with E-state index < -0.39 is 0 Å². The first-order valence-corrected chi connectivity index (χ1v) is 13.4. The fraction of sp³-hybridized carbons (Fsp3) is 0.643. The molecule has 0 unspecified atom stereocenters. The first-order chi connectivity index (χ1) is 17.3. The zero-order valence-electron chi connectivity index (χ0n) is 22.3. The maximum atomic E-state index is 13.3. The number of rotatable bonds is 10. The van der Waals surface area contributed by atoms with Crippen LogP contribution in [-0.2, 0) is 16.1 Å². The van der Waals surface area contributed by atoms with Crippen LogP contribution in [0.4, 0.5) is 11.4 Å². The van der Waals surface area contributed by atoms with E-state index in [2.05, 4.69) is 10.6 Å². The lowest BCUT2D eigenvalue weighted by atomic mass is 10.1. The second-order valence-corrected chi connectivity index (χ2v) is 10.8. The third-order valence-electron chi connectivity index (χ3n) is 7.28. The van der Waals surface area contributed by atoms with Crippen molar-refractivity contribution in [2.75, 3.05) is 17.7 Å². The van der Waals surface area contributed by atoms with Crippen molar-refractivity contribution in [3.8, 4) is 0 Å². The van der Waals surface area contributed by atoms with Gasteiger partial charge in [-0.2, -0.15) is 0 Å². The molecule has 0 aromatic carbocycles. The number of pyridine rings is 2. The van der Waals surface area contributed by atoms with Crippen molar-refractivity contribution in [3.05, 3.63) is 56.9 Å². The molecule has 2 heterocycles. The Bertz CT molecular complexity index is 1140. The molecule has 0 radical (unpaired) electrons. The fourth-order valence-corrected chi connectivity index (χ4v) is 5.71. The van der Waals surface area contributed by atoms with Crippen LogP contribution in [0, 0.1) is 0 Å². The summed E-state index contributed by atoms with van der Waals surface area (Å²) in [6.45, 7) is 8.51. The lowest BCUT2D eigenvalue weighted by Crippen LogP contribution is -2.33. The molecule has 2 aliphatic rings. The number of ether oxygens (including phenoxy) is 2. The molecular formula is C28H42N4O4. The van der Waals surface area contributed by atoms with Crippen LogP contribution in [0.15, 0.2) is 40.2 Å². The molecule has 0 aliphatic heterocycles. The first-order valence-electron chi connectivity index (χ1n) is 13.4. The molecule has 4 atom stereocenters. The van der Waals surface area contributed by atoms with Crippen molar-refractivity contribution in [2.24, 2.45) is 0 Å². The van der Waals surface area contributed by atoms with Crippen molar-refractivity contribution >= 4 is 11.4 Å². The molecule has 2 saturated carbocycles. The Labute approximate surface area is 214 Å². The van der Waals surface area contributed by atoms with E-state index in [9.17, 15) is 9.59 Å². The van der Waals surface area contributed by atoms with Crippen LogP contribution in [0.5, 0.6) is 0 Å². The van der Waals surface area contributed by atoms with Gasteiger partial charge in [0.1, 0.15) is 11.4 Å². The molecule has 8 nitrogen and oxygen atoms in total. The molecule has 0 bridgehead atoms. The highest BCUT2D eigenvalue weighted by molar-refractivity contribution is 5.44. The van der Waals surface area contributed by atoms with E-state index in [1.807, 2.05) is 67.4 Å². The van der Waals surface area contributed by atoms with Crippen LogP contribution < -0.4 is 21.8 Å². The van der Waals surface area contributed by atoms with E-state index in [0.29, 0.717) is 18.0 Å². The van der Waals surface area contributed by atoms with Gasteiger partial charge in [-0.1, -0.05) is 0 Å². The van der Waals surface area contributed by atoms with Gasteiger partial charge in [0.2, 0.25) is 0 Å². The number of nitrogens with one attached hydrogen (secondary N) is 2. The minimum atomic E-state index is -0.0582. The summed E-state index contributed by atoms with van der Waals surface area (Å²) in [5, 5.41) is 6.57. The van der Waals surface area contributed by atoms with Gasteiger partial charge in [-0.25, -0.2) is 0 Å². The Morgan fingerprint density at radius 3 is 2.17 bits per heavy atom. The van der Waals surface area contributed by atoms with Crippen molar-refractivity contribution in [1.82, 2.24) is 9.13 Å². The fourth-order valence-electron chi connectivity index (χ4n) is 5.71. The number of aromatic nitrogens is 2. The molecule has 36 heavy (non-hydrogen) atoms. The highest BCUT2D eigenvalue weighted by Gasteiger charge is 2.32. The molecular weight excluding hydrogens is 456 g/mol. The first kappa shape index (κ1) is 26.5. The van der Waals surface area contributed by atoms with Gasteiger partial charge >= 0.3 is 0 Å². The molecule has 2 fully saturated rings. The quantitative estimate of drug-likeness (QED) is 0.494. The summed E-state index contributed by atoms with van der Waals surface area (Å²) < 4.78 is 15.8. The van der Waals surface area contributed by atoms with Crippen LogP contribution >= 0.6 is 0 Å². The van der Waals surface area contributed by atoms with Crippen molar-refractivity contribution < 1.29 is 9.47 Å². The van der Waals surface area contributed by atoms with Crippen LogP contribution in [0.1, 0.15) is 83.9 Å². The maximum absolute atomic E-state index is 13.3. The molecule has 4 rings (SSSR count). The largest absolute Gasteiger partial charge is 0.379 e. The van der Waals surface area contributed by atoms with E-state index in [1.54, 1.807) is 7.11 Å². The molecule has 0 spiro atoms. The van der Waals surface area contributed by atoms with Crippen molar-refractivity contribution in [2.45, 2.75) is 109 Å². The zero-order valence-corrected chi connectivity index (χ0v) is 22.3. The monoisotopic (exact) mass is 498 g/mol. The molecule has 2 aliphatic carbocycles. The van der Waals surface area contributed by atoms with Gasteiger partial charge in [-0.05, 0) is 90.0 Å². The number of hydrogen-bond acceptors (Lipinski definition) is 6. The van der Waals surface area contributed by atoms with E-state index >= 15 is 0 Å². The van der Waals surface area contributed by atoms with E-state index in [0.717, 1.165) is 44.1 Å². The summed E-state index contributed by atoms with van der Waals surface area (Å²) in [4.78, 5) is 26.4. The average Bonchev–Trinajstić information content (AvgIpc) is 3.49. The third-order valence-corrected chi connectivity index (χ3v) is 7.28. The van der Waals surface area contributed by atoms with Gasteiger partial charge in [-0.3, -0.25) is 9.59 Å². The van der Waals surface area contributed by atoms with E-state index in [-0.39, 0.29) is 47.5 Å². The predicted molar refractivity (Wildman–Crippen MR) is 144 cm³/mol. The summed E-state index contributed by atoms with van der Waals surface area (Å²) in [6.07, 6.45) is 9.57. The number of nitrogens with zero attached hydrogens (tertiary/aromatic N) is 2. The summed E-state index contributed by atoms with van der Waals surface area (Å²) in [5.74, 6) is 0. The molecule has 0 amide bonds. The Balaban J connectivity index is 1.56. The summed E-state index contributed by atoms with van der Waals surface area (Å²) in [6, 6.07) is 6.04. The highest BCUT2D eigenvalue weighted by atomic mass is 16.5. The van der Waals surface area contributed by atoms with E-state index in [4.69, 9.17) is 9.47 Å². The number of hydrogen-bond donors (Lipinski definition) is 2. The standard InChI is InChI=1S/C28H42N4O4/c1-18(2)29-21-9-8-14-31(27(21)33)24-11-7-13-26(24)36-17-20-15-22(30-19(3)4)28(34)32(16-20)23-10-6-12-25(23)35-5/h8-9,14-16,18-19,23-26,29-30H,6-7,10-13,17H2,1-5H3/t23-,24+,25-,26-/m1/s1. The van der Waals surface area contributed by atoms with Gasteiger partial charge in [0, 0.05) is 31.6 Å². The van der Waals surface area contributed by atoms with Crippen LogP contribution in [0.25, 0.3) is 0 Å².